The Bertz CT molecular complexity index is 201. The van der Waals surface area contributed by atoms with Gasteiger partial charge in [-0.25, -0.2) is 0 Å². The second kappa shape index (κ2) is 2.71. The van der Waals surface area contributed by atoms with Crippen LogP contribution in [0.2, 0.25) is 0 Å². The van der Waals surface area contributed by atoms with Gasteiger partial charge in [0, 0.05) is 11.7 Å². The fourth-order valence-corrected chi connectivity index (χ4v) is 0.800. The molecule has 4 N–H and O–H groups in total. The summed E-state index contributed by atoms with van der Waals surface area (Å²) >= 11 is 0. The van der Waals surface area contributed by atoms with E-state index in [-0.39, 0.29) is 6.04 Å². The van der Waals surface area contributed by atoms with Crippen molar-refractivity contribution in [1.82, 2.24) is 0 Å². The molecule has 2 nitrogen and oxygen atoms in total. The van der Waals surface area contributed by atoms with E-state index >= 15 is 0 Å². The lowest BCUT2D eigenvalue weighted by atomic mass is 10.1. The normalized spacial score (nSPS) is 13.0. The van der Waals surface area contributed by atoms with Crippen molar-refractivity contribution in [2.75, 3.05) is 5.73 Å². The van der Waals surface area contributed by atoms with Crippen LogP contribution >= 0.6 is 0 Å². The first-order chi connectivity index (χ1) is 4.70. The van der Waals surface area contributed by atoms with Crippen LogP contribution in [0.3, 0.4) is 0 Å². The largest absolute Gasteiger partial charge is 0.399 e. The summed E-state index contributed by atoms with van der Waals surface area (Å²) < 4.78 is 0. The highest BCUT2D eigenvalue weighted by Gasteiger charge is 1.95. The number of benzene rings is 1. The first-order valence-corrected chi connectivity index (χ1v) is 3.31. The van der Waals surface area contributed by atoms with Gasteiger partial charge in [-0.05, 0) is 24.6 Å². The Morgan fingerprint density at radius 1 is 1.20 bits per heavy atom. The number of anilines is 1. The van der Waals surface area contributed by atoms with Crippen LogP contribution in [0.1, 0.15) is 18.5 Å². The lowest BCUT2D eigenvalue weighted by Gasteiger charge is -2.03. The van der Waals surface area contributed by atoms with Crippen molar-refractivity contribution in [3.05, 3.63) is 29.8 Å². The Labute approximate surface area is 60.8 Å². The van der Waals surface area contributed by atoms with Crippen LogP contribution in [0.5, 0.6) is 0 Å². The molecule has 1 aromatic carbocycles. The molecule has 0 saturated carbocycles. The lowest BCUT2D eigenvalue weighted by molar-refractivity contribution is 0.818. The molecule has 1 aromatic rings. The SMILES string of the molecule is C[C@@H](N)c1ccc(N)cc1. The summed E-state index contributed by atoms with van der Waals surface area (Å²) in [7, 11) is 0. The molecule has 1 atom stereocenters. The van der Waals surface area contributed by atoms with Crippen LogP contribution in [0.25, 0.3) is 0 Å². The zero-order valence-corrected chi connectivity index (χ0v) is 6.04. The van der Waals surface area contributed by atoms with Gasteiger partial charge < -0.3 is 11.5 Å². The fraction of sp³-hybridized carbons (Fsp3) is 0.250. The first kappa shape index (κ1) is 7.09. The van der Waals surface area contributed by atoms with Crippen molar-refractivity contribution in [2.45, 2.75) is 13.0 Å². The van der Waals surface area contributed by atoms with Gasteiger partial charge >= 0.3 is 0 Å². The van der Waals surface area contributed by atoms with Gasteiger partial charge in [-0.15, -0.1) is 0 Å². The summed E-state index contributed by atoms with van der Waals surface area (Å²) in [4.78, 5) is 0. The number of nitrogens with two attached hydrogens (primary N) is 2. The van der Waals surface area contributed by atoms with Gasteiger partial charge in [0.25, 0.3) is 0 Å². The van der Waals surface area contributed by atoms with Crippen molar-refractivity contribution in [1.29, 1.82) is 0 Å². The number of hydrogen-bond donors (Lipinski definition) is 2. The summed E-state index contributed by atoms with van der Waals surface area (Å²) in [5, 5.41) is 0. The summed E-state index contributed by atoms with van der Waals surface area (Å²) in [5.74, 6) is 0. The first-order valence-electron chi connectivity index (χ1n) is 3.31. The molecular weight excluding hydrogens is 124 g/mol. The van der Waals surface area contributed by atoms with E-state index in [1.54, 1.807) is 0 Å². The second-order valence-corrected chi connectivity index (χ2v) is 2.46. The minimum atomic E-state index is 0.0978. The third kappa shape index (κ3) is 1.48. The molecule has 0 heterocycles. The zero-order valence-electron chi connectivity index (χ0n) is 6.04. The van der Waals surface area contributed by atoms with Crippen molar-refractivity contribution in [3.63, 3.8) is 0 Å². The Balaban J connectivity index is 2.89. The van der Waals surface area contributed by atoms with Gasteiger partial charge in [0.2, 0.25) is 0 Å². The third-order valence-electron chi connectivity index (χ3n) is 1.46. The van der Waals surface area contributed by atoms with Gasteiger partial charge in [-0.1, -0.05) is 12.1 Å². The smallest absolute Gasteiger partial charge is 0.0314 e. The van der Waals surface area contributed by atoms with E-state index in [0.717, 1.165) is 11.3 Å². The third-order valence-corrected chi connectivity index (χ3v) is 1.46. The molecule has 54 valence electrons. The van der Waals surface area contributed by atoms with Gasteiger partial charge in [0.1, 0.15) is 0 Å². The van der Waals surface area contributed by atoms with Gasteiger partial charge in [-0.2, -0.15) is 0 Å². The molecule has 0 aliphatic carbocycles. The maximum absolute atomic E-state index is 5.62. The summed E-state index contributed by atoms with van der Waals surface area (Å²) in [6.07, 6.45) is 0. The van der Waals surface area contributed by atoms with E-state index in [9.17, 15) is 0 Å². The van der Waals surface area contributed by atoms with Gasteiger partial charge in [0.15, 0.2) is 0 Å². The van der Waals surface area contributed by atoms with Crippen LogP contribution in [0.15, 0.2) is 24.3 Å². The van der Waals surface area contributed by atoms with Gasteiger partial charge in [-0.3, -0.25) is 0 Å². The Morgan fingerprint density at radius 2 is 1.70 bits per heavy atom. The molecular formula is C8H12N2. The Hall–Kier alpha value is -1.02. The highest BCUT2D eigenvalue weighted by Crippen LogP contribution is 2.10. The average Bonchev–Trinajstić information content (AvgIpc) is 1.88. The molecule has 0 saturated heterocycles. The molecule has 0 spiro atoms. The van der Waals surface area contributed by atoms with E-state index in [2.05, 4.69) is 0 Å². The number of hydrogen-bond acceptors (Lipinski definition) is 2. The summed E-state index contributed by atoms with van der Waals surface area (Å²) in [6, 6.07) is 7.71. The quantitative estimate of drug-likeness (QED) is 0.571. The second-order valence-electron chi connectivity index (χ2n) is 2.46. The van der Waals surface area contributed by atoms with Crippen LogP contribution < -0.4 is 11.5 Å². The fourth-order valence-electron chi connectivity index (χ4n) is 0.800. The average molecular weight is 136 g/mol. The Kier molecular flexibility index (Phi) is 1.92. The topological polar surface area (TPSA) is 52.0 Å². The molecule has 0 fully saturated rings. The van der Waals surface area contributed by atoms with Crippen molar-refractivity contribution in [3.8, 4) is 0 Å². The van der Waals surface area contributed by atoms with Crippen LogP contribution in [-0.2, 0) is 0 Å². The molecule has 0 radical (unpaired) electrons. The molecule has 1 rings (SSSR count). The highest BCUT2D eigenvalue weighted by molar-refractivity contribution is 5.39. The molecule has 0 aliphatic heterocycles. The monoisotopic (exact) mass is 136 g/mol. The van der Waals surface area contributed by atoms with E-state index in [1.165, 1.54) is 0 Å². The molecule has 0 aromatic heterocycles. The number of rotatable bonds is 1. The lowest BCUT2D eigenvalue weighted by Crippen LogP contribution is -2.04. The van der Waals surface area contributed by atoms with Gasteiger partial charge in [0.05, 0.1) is 0 Å². The Morgan fingerprint density at radius 3 is 2.10 bits per heavy atom. The maximum atomic E-state index is 5.62. The number of nitrogen functional groups attached to an aromatic ring is 1. The molecule has 0 unspecified atom stereocenters. The standard InChI is InChI=1S/C8H12N2/c1-6(9)7-2-4-8(10)5-3-7/h2-6H,9-10H2,1H3/t6-/m1/s1. The predicted octanol–water partition coefficient (Wildman–Crippen LogP) is 1.29. The minimum Gasteiger partial charge on any atom is -0.399 e. The van der Waals surface area contributed by atoms with E-state index in [0.29, 0.717) is 0 Å². The molecule has 0 amide bonds. The molecule has 0 aliphatic rings. The summed E-state index contributed by atoms with van der Waals surface area (Å²) in [6.45, 7) is 1.95. The van der Waals surface area contributed by atoms with Crippen LogP contribution in [-0.4, -0.2) is 0 Å². The molecule has 2 heteroatoms. The minimum absolute atomic E-state index is 0.0978. The van der Waals surface area contributed by atoms with Crippen molar-refractivity contribution < 1.29 is 0 Å². The van der Waals surface area contributed by atoms with Crippen LogP contribution in [0.4, 0.5) is 5.69 Å². The highest BCUT2D eigenvalue weighted by atomic mass is 14.6. The van der Waals surface area contributed by atoms with Crippen molar-refractivity contribution >= 4 is 5.69 Å². The predicted molar refractivity (Wildman–Crippen MR) is 43.5 cm³/mol. The summed E-state index contributed by atoms with van der Waals surface area (Å²) in [5.41, 5.74) is 13.0. The van der Waals surface area contributed by atoms with E-state index < -0.39 is 0 Å². The van der Waals surface area contributed by atoms with E-state index in [4.69, 9.17) is 11.5 Å². The van der Waals surface area contributed by atoms with E-state index in [1.807, 2.05) is 31.2 Å². The zero-order chi connectivity index (χ0) is 7.56. The molecule has 10 heavy (non-hydrogen) atoms. The maximum Gasteiger partial charge on any atom is 0.0314 e. The van der Waals surface area contributed by atoms with Crippen molar-refractivity contribution in [2.24, 2.45) is 5.73 Å². The molecule has 0 bridgehead atoms. The van der Waals surface area contributed by atoms with Crippen LogP contribution in [0, 0.1) is 0 Å².